The predicted molar refractivity (Wildman–Crippen MR) is 196 cm³/mol. The number of nitrogens with zero attached hydrogens (tertiary/aromatic N) is 4. The number of ether oxygens (including phenoxy) is 1. The monoisotopic (exact) mass is 656 g/mol. The minimum atomic E-state index is -0.454. The van der Waals surface area contributed by atoms with Crippen LogP contribution in [0.2, 0.25) is 0 Å². The summed E-state index contributed by atoms with van der Waals surface area (Å²) in [4.78, 5) is 22.4. The quantitative estimate of drug-likeness (QED) is 0.182. The second kappa shape index (κ2) is 13.1. The van der Waals surface area contributed by atoms with Crippen molar-refractivity contribution in [2.45, 2.75) is 125 Å². The van der Waals surface area contributed by atoms with Crippen LogP contribution in [0, 0.1) is 5.41 Å². The molecule has 2 aromatic heterocycles. The van der Waals surface area contributed by atoms with E-state index < -0.39 is 18.3 Å². The topological polar surface area (TPSA) is 69.1 Å². The fourth-order valence-electron chi connectivity index (χ4n) is 7.89. The van der Waals surface area contributed by atoms with Gasteiger partial charge < -0.3 is 23.5 Å². The summed E-state index contributed by atoms with van der Waals surface area (Å²) in [6.45, 7) is 26.5. The molecule has 8 nitrogen and oxygen atoms in total. The molecule has 3 aromatic rings. The summed E-state index contributed by atoms with van der Waals surface area (Å²) in [5.41, 5.74) is 7.02. The van der Waals surface area contributed by atoms with Gasteiger partial charge in [0.2, 0.25) is 0 Å². The van der Waals surface area contributed by atoms with Crippen LogP contribution in [0.15, 0.2) is 30.5 Å². The second-order valence-electron chi connectivity index (χ2n) is 16.5. The van der Waals surface area contributed by atoms with Gasteiger partial charge in [0.15, 0.2) is 0 Å². The van der Waals surface area contributed by atoms with Gasteiger partial charge in [-0.15, -0.1) is 0 Å². The summed E-state index contributed by atoms with van der Waals surface area (Å²) in [6.07, 6.45) is 6.75. The van der Waals surface area contributed by atoms with Crippen LogP contribution in [0.5, 0.6) is 0 Å². The fourth-order valence-corrected chi connectivity index (χ4v) is 7.89. The first-order valence-corrected chi connectivity index (χ1v) is 18.2. The number of piperidine rings is 1. The van der Waals surface area contributed by atoms with Gasteiger partial charge >= 0.3 is 13.1 Å². The molecule has 0 N–H and O–H groups in total. The Morgan fingerprint density at radius 1 is 1.08 bits per heavy atom. The highest BCUT2D eigenvalue weighted by molar-refractivity contribution is 6.62. The molecule has 0 unspecified atom stereocenters. The number of piperazine rings is 1. The zero-order valence-corrected chi connectivity index (χ0v) is 31.1. The molecule has 3 fully saturated rings. The molecule has 5 heterocycles. The lowest BCUT2D eigenvalue weighted by atomic mass is 9.77. The number of hydrogen-bond donors (Lipinski definition) is 0. The Bertz CT molecular complexity index is 1650. The Hall–Kier alpha value is -2.88. The molecule has 0 radical (unpaired) electrons. The lowest BCUT2D eigenvalue weighted by Gasteiger charge is -2.45. The summed E-state index contributed by atoms with van der Waals surface area (Å²) in [7, 11) is -0.454. The SMILES string of the molecule is CCn1c(-c2cc(N3CCN4CCCC[C@@H]4C3)cnc2C(C)C)c(CC(C)(C)COC(C)=O)c2cc(B3OC(C)(C)C(C)(C)O3)ccc21. The first kappa shape index (κ1) is 35.0. The first-order chi connectivity index (χ1) is 22.6. The predicted octanol–water partition coefficient (Wildman–Crippen LogP) is 6.95. The van der Waals surface area contributed by atoms with E-state index >= 15 is 0 Å². The van der Waals surface area contributed by atoms with Gasteiger partial charge in [-0.2, -0.15) is 0 Å². The summed E-state index contributed by atoms with van der Waals surface area (Å²) in [6, 6.07) is 9.71. The van der Waals surface area contributed by atoms with Gasteiger partial charge in [-0.25, -0.2) is 0 Å². The maximum atomic E-state index is 11.9. The van der Waals surface area contributed by atoms with Crippen LogP contribution in [0.3, 0.4) is 0 Å². The van der Waals surface area contributed by atoms with Crippen molar-refractivity contribution in [3.05, 3.63) is 41.7 Å². The number of carbonyl (C=O) groups excluding carboxylic acids is 1. The summed E-state index contributed by atoms with van der Waals surface area (Å²) >= 11 is 0. The molecule has 0 amide bonds. The molecule has 0 spiro atoms. The normalized spacial score (nSPS) is 21.3. The van der Waals surface area contributed by atoms with Crippen molar-refractivity contribution < 1.29 is 18.8 Å². The highest BCUT2D eigenvalue weighted by Crippen LogP contribution is 2.42. The summed E-state index contributed by atoms with van der Waals surface area (Å²) < 4.78 is 21.1. The van der Waals surface area contributed by atoms with E-state index in [1.54, 1.807) is 0 Å². The molecule has 1 aromatic carbocycles. The molecule has 9 heteroatoms. The summed E-state index contributed by atoms with van der Waals surface area (Å²) in [5.74, 6) is -0.00540. The van der Waals surface area contributed by atoms with Crippen molar-refractivity contribution >= 4 is 35.1 Å². The largest absolute Gasteiger partial charge is 0.494 e. The van der Waals surface area contributed by atoms with Crippen molar-refractivity contribution in [2.75, 3.05) is 37.7 Å². The Morgan fingerprint density at radius 2 is 1.81 bits per heavy atom. The molecule has 3 saturated heterocycles. The molecule has 48 heavy (non-hydrogen) atoms. The van der Waals surface area contributed by atoms with Crippen LogP contribution in [0.1, 0.15) is 106 Å². The molecule has 0 bridgehead atoms. The van der Waals surface area contributed by atoms with Gasteiger partial charge in [-0.3, -0.25) is 14.7 Å². The lowest BCUT2D eigenvalue weighted by molar-refractivity contribution is -0.143. The standard InChI is InChI=1S/C39H57BN4O4/c1-11-44-34-16-15-28(40-47-38(7,8)39(9,10)48-40)20-31(34)33(22-37(5,6)25-46-27(4)45)36(44)32-21-30(23-41-35(32)26(2)3)43-19-18-42-17-13-12-14-29(42)24-43/h15-16,20-21,23,26,29H,11-14,17-19,22,24-25H2,1-10H3/t29-/m1/s1. The highest BCUT2D eigenvalue weighted by atomic mass is 16.7. The van der Waals surface area contributed by atoms with E-state index in [-0.39, 0.29) is 17.3 Å². The van der Waals surface area contributed by atoms with E-state index in [4.69, 9.17) is 19.0 Å². The van der Waals surface area contributed by atoms with Gasteiger partial charge in [0, 0.05) is 61.0 Å². The highest BCUT2D eigenvalue weighted by Gasteiger charge is 2.51. The molecule has 0 saturated carbocycles. The van der Waals surface area contributed by atoms with Crippen molar-refractivity contribution in [2.24, 2.45) is 5.41 Å². The number of anilines is 1. The number of fused-ring (bicyclic) bond motifs is 2. The van der Waals surface area contributed by atoms with E-state index in [9.17, 15) is 4.79 Å². The fraction of sp³-hybridized carbons (Fsp3) is 0.641. The molecule has 6 rings (SSSR count). The third-order valence-electron chi connectivity index (χ3n) is 11.3. The maximum Gasteiger partial charge on any atom is 0.494 e. The van der Waals surface area contributed by atoms with Gasteiger partial charge in [0.25, 0.3) is 0 Å². The molecule has 0 aliphatic carbocycles. The van der Waals surface area contributed by atoms with Gasteiger partial charge in [0.1, 0.15) is 0 Å². The number of esters is 1. The average molecular weight is 657 g/mol. The minimum absolute atomic E-state index is 0.245. The van der Waals surface area contributed by atoms with E-state index in [1.807, 2.05) is 0 Å². The Kier molecular flexibility index (Phi) is 9.55. The second-order valence-corrected chi connectivity index (χ2v) is 16.5. The lowest BCUT2D eigenvalue weighted by Crippen LogP contribution is -2.54. The average Bonchev–Trinajstić information content (AvgIpc) is 3.46. The Balaban J connectivity index is 1.51. The number of carbonyl (C=O) groups is 1. The zero-order chi connectivity index (χ0) is 34.6. The third-order valence-corrected chi connectivity index (χ3v) is 11.3. The van der Waals surface area contributed by atoms with Crippen LogP contribution in [0.25, 0.3) is 22.2 Å². The van der Waals surface area contributed by atoms with Crippen LogP contribution in [-0.2, 0) is 31.8 Å². The Morgan fingerprint density at radius 3 is 2.48 bits per heavy atom. The number of pyridine rings is 1. The van der Waals surface area contributed by atoms with Crippen molar-refractivity contribution in [1.29, 1.82) is 0 Å². The van der Waals surface area contributed by atoms with Gasteiger partial charge in [0.05, 0.1) is 41.1 Å². The molecule has 1 atom stereocenters. The van der Waals surface area contributed by atoms with Crippen molar-refractivity contribution in [3.8, 4) is 11.3 Å². The zero-order valence-electron chi connectivity index (χ0n) is 31.1. The maximum absolute atomic E-state index is 11.9. The van der Waals surface area contributed by atoms with Crippen molar-refractivity contribution in [3.63, 3.8) is 0 Å². The number of rotatable bonds is 9. The van der Waals surface area contributed by atoms with Crippen LogP contribution < -0.4 is 10.4 Å². The minimum Gasteiger partial charge on any atom is -0.465 e. The first-order valence-electron chi connectivity index (χ1n) is 18.2. The molecule has 3 aliphatic heterocycles. The molecular formula is C39H57BN4O4. The number of benzene rings is 1. The Labute approximate surface area is 288 Å². The molecular weight excluding hydrogens is 599 g/mol. The van der Waals surface area contributed by atoms with Crippen LogP contribution in [0.4, 0.5) is 5.69 Å². The number of aryl methyl sites for hydroxylation is 1. The number of aromatic nitrogens is 2. The van der Waals surface area contributed by atoms with E-state index in [2.05, 4.69) is 107 Å². The van der Waals surface area contributed by atoms with E-state index in [1.165, 1.54) is 66.1 Å². The van der Waals surface area contributed by atoms with E-state index in [0.717, 1.165) is 43.8 Å². The third kappa shape index (κ3) is 6.67. The molecule has 260 valence electrons. The summed E-state index contributed by atoms with van der Waals surface area (Å²) in [5, 5.41) is 1.19. The van der Waals surface area contributed by atoms with Gasteiger partial charge in [-0.1, -0.05) is 46.2 Å². The molecule has 3 aliphatic rings. The van der Waals surface area contributed by atoms with E-state index in [0.29, 0.717) is 12.6 Å². The number of hydrogen-bond acceptors (Lipinski definition) is 7. The van der Waals surface area contributed by atoms with Crippen molar-refractivity contribution in [1.82, 2.24) is 14.5 Å². The van der Waals surface area contributed by atoms with Crippen LogP contribution >= 0.6 is 0 Å². The van der Waals surface area contributed by atoms with Gasteiger partial charge in [-0.05, 0) is 89.5 Å². The smallest absolute Gasteiger partial charge is 0.465 e. The van der Waals surface area contributed by atoms with Crippen LogP contribution in [-0.4, -0.2) is 77.6 Å².